The fourth-order valence-corrected chi connectivity index (χ4v) is 8.27. The zero-order chi connectivity index (χ0) is 23.5. The molecule has 2 aromatic rings. The minimum Gasteiger partial charge on any atom is -0.319 e. The van der Waals surface area contributed by atoms with E-state index in [1.165, 1.54) is 49.9 Å². The van der Waals surface area contributed by atoms with Gasteiger partial charge in [-0.1, -0.05) is 48.6 Å². The number of carbonyl (C=O) groups is 3. The summed E-state index contributed by atoms with van der Waals surface area (Å²) in [6.45, 7) is 1.49. The van der Waals surface area contributed by atoms with E-state index in [0.29, 0.717) is 17.1 Å². The third kappa shape index (κ3) is 3.35. The van der Waals surface area contributed by atoms with Crippen LogP contribution in [0.25, 0.3) is 0 Å². The molecule has 5 aliphatic rings. The minimum absolute atomic E-state index is 0.122. The maximum absolute atomic E-state index is 13.3. The van der Waals surface area contributed by atoms with Crippen molar-refractivity contribution in [2.75, 3.05) is 11.9 Å². The van der Waals surface area contributed by atoms with Crippen LogP contribution in [-0.4, -0.2) is 39.5 Å². The van der Waals surface area contributed by atoms with Crippen LogP contribution in [0.3, 0.4) is 0 Å². The Hall–Kier alpha value is -2.81. The molecule has 1 atom stereocenters. The minimum atomic E-state index is -1.15. The van der Waals surface area contributed by atoms with Crippen molar-refractivity contribution >= 4 is 34.3 Å². The number of benzene rings is 1. The van der Waals surface area contributed by atoms with Crippen molar-refractivity contribution in [3.8, 4) is 0 Å². The van der Waals surface area contributed by atoms with Crippen LogP contribution < -0.4 is 10.6 Å². The van der Waals surface area contributed by atoms with E-state index in [1.54, 1.807) is 0 Å². The summed E-state index contributed by atoms with van der Waals surface area (Å²) in [4.78, 5) is 39.7. The Bertz CT molecular complexity index is 1110. The molecule has 4 bridgehead atoms. The molecule has 1 aromatic carbocycles. The maximum atomic E-state index is 13.3. The summed E-state index contributed by atoms with van der Waals surface area (Å²) in [5.74, 6) is 1.55. The molecule has 4 amide bonds. The molecule has 4 saturated carbocycles. The Morgan fingerprint density at radius 2 is 1.74 bits per heavy atom. The second kappa shape index (κ2) is 7.86. The second-order valence-corrected chi connectivity index (χ2v) is 11.6. The van der Waals surface area contributed by atoms with Gasteiger partial charge >= 0.3 is 6.03 Å². The molecule has 2 N–H and O–H groups in total. The van der Waals surface area contributed by atoms with E-state index in [4.69, 9.17) is 0 Å². The lowest BCUT2D eigenvalue weighted by Gasteiger charge is -2.55. The zero-order valence-corrected chi connectivity index (χ0v) is 20.1. The highest BCUT2D eigenvalue weighted by atomic mass is 32.1. The Morgan fingerprint density at radius 1 is 1.09 bits per heavy atom. The number of rotatable bonds is 6. The van der Waals surface area contributed by atoms with Crippen molar-refractivity contribution in [2.24, 2.45) is 17.8 Å². The predicted molar refractivity (Wildman–Crippen MR) is 127 cm³/mol. The number of hydrogen-bond donors (Lipinski definition) is 2. The quantitative estimate of drug-likeness (QED) is 0.613. The SMILES string of the molecule is CC[C@@]1(c2ccccc2)NC(=O)N(CC(=O)Nc2nnc(C34CC5CC(CC(C5)C3)C4)s2)C1=O. The lowest BCUT2D eigenvalue weighted by Crippen LogP contribution is -2.48. The highest BCUT2D eigenvalue weighted by molar-refractivity contribution is 7.15. The molecule has 178 valence electrons. The highest BCUT2D eigenvalue weighted by Gasteiger charge is 2.54. The van der Waals surface area contributed by atoms with Gasteiger partial charge in [-0.2, -0.15) is 0 Å². The molecule has 7 rings (SSSR count). The third-order valence-electron chi connectivity index (χ3n) is 8.44. The van der Waals surface area contributed by atoms with Gasteiger partial charge < -0.3 is 5.32 Å². The third-order valence-corrected chi connectivity index (χ3v) is 9.52. The molecule has 34 heavy (non-hydrogen) atoms. The summed E-state index contributed by atoms with van der Waals surface area (Å²) >= 11 is 1.45. The molecule has 8 nitrogen and oxygen atoms in total. The molecule has 0 radical (unpaired) electrons. The van der Waals surface area contributed by atoms with Crippen LogP contribution in [0, 0.1) is 17.8 Å². The molecule has 1 saturated heterocycles. The molecular weight excluding hydrogens is 450 g/mol. The number of nitrogens with one attached hydrogen (secondary N) is 2. The predicted octanol–water partition coefficient (Wildman–Crippen LogP) is 3.80. The Balaban J connectivity index is 1.15. The van der Waals surface area contributed by atoms with Gasteiger partial charge in [-0.05, 0) is 68.3 Å². The summed E-state index contributed by atoms with van der Waals surface area (Å²) in [5.41, 5.74) is -0.313. The highest BCUT2D eigenvalue weighted by Crippen LogP contribution is 2.61. The number of aromatic nitrogens is 2. The Morgan fingerprint density at radius 3 is 2.35 bits per heavy atom. The summed E-state index contributed by atoms with van der Waals surface area (Å²) in [6, 6.07) is 8.60. The molecule has 2 heterocycles. The lowest BCUT2D eigenvalue weighted by molar-refractivity contribution is -0.134. The Kier molecular flexibility index (Phi) is 5.02. The van der Waals surface area contributed by atoms with Crippen molar-refractivity contribution in [1.29, 1.82) is 0 Å². The largest absolute Gasteiger partial charge is 0.325 e. The molecule has 1 aliphatic heterocycles. The first-order valence-corrected chi connectivity index (χ1v) is 13.1. The number of nitrogens with zero attached hydrogens (tertiary/aromatic N) is 3. The van der Waals surface area contributed by atoms with E-state index >= 15 is 0 Å². The van der Waals surface area contributed by atoms with Gasteiger partial charge in [-0.3, -0.25) is 19.8 Å². The molecule has 0 spiro atoms. The van der Waals surface area contributed by atoms with Gasteiger partial charge in [-0.25, -0.2) is 4.79 Å². The standard InChI is InChI=1S/C25H29N5O3S/c1-2-25(18-6-4-3-5-7-18)21(32)30(23(33)27-25)14-19(31)26-22-29-28-20(34-22)24-11-15-8-16(12-24)10-17(9-15)13-24/h3-7,15-17H,2,8-14H2,1H3,(H,27,33)(H,26,29,31)/t15?,16?,17?,24?,25-/m0/s1. The number of hydrogen-bond acceptors (Lipinski definition) is 6. The van der Waals surface area contributed by atoms with Crippen molar-refractivity contribution in [3.05, 3.63) is 40.9 Å². The first-order valence-electron chi connectivity index (χ1n) is 12.2. The van der Waals surface area contributed by atoms with Crippen LogP contribution >= 0.6 is 11.3 Å². The molecular formula is C25H29N5O3S. The van der Waals surface area contributed by atoms with Gasteiger partial charge in [0.25, 0.3) is 5.91 Å². The molecule has 9 heteroatoms. The van der Waals surface area contributed by atoms with Crippen molar-refractivity contribution in [2.45, 2.75) is 62.8 Å². The fourth-order valence-electron chi connectivity index (χ4n) is 7.29. The molecule has 4 aliphatic carbocycles. The van der Waals surface area contributed by atoms with Crippen LogP contribution in [0.2, 0.25) is 0 Å². The van der Waals surface area contributed by atoms with Crippen molar-refractivity contribution < 1.29 is 14.4 Å². The average Bonchev–Trinajstić information content (AvgIpc) is 3.38. The van der Waals surface area contributed by atoms with Crippen LogP contribution in [0.5, 0.6) is 0 Å². The monoisotopic (exact) mass is 479 g/mol. The van der Waals surface area contributed by atoms with E-state index in [-0.39, 0.29) is 12.0 Å². The fraction of sp³-hybridized carbons (Fsp3) is 0.560. The molecule has 0 unspecified atom stereocenters. The van der Waals surface area contributed by atoms with Crippen LogP contribution in [0.15, 0.2) is 30.3 Å². The van der Waals surface area contributed by atoms with Gasteiger partial charge in [0.1, 0.15) is 17.1 Å². The number of imide groups is 1. The van der Waals surface area contributed by atoms with Crippen LogP contribution in [0.4, 0.5) is 9.93 Å². The Labute approximate surface area is 202 Å². The van der Waals surface area contributed by atoms with Gasteiger partial charge in [0.05, 0.1) is 0 Å². The number of anilines is 1. The van der Waals surface area contributed by atoms with E-state index < -0.39 is 23.4 Å². The van der Waals surface area contributed by atoms with Crippen LogP contribution in [-0.2, 0) is 20.5 Å². The lowest BCUT2D eigenvalue weighted by atomic mass is 9.50. The average molecular weight is 480 g/mol. The second-order valence-electron chi connectivity index (χ2n) is 10.6. The zero-order valence-electron chi connectivity index (χ0n) is 19.3. The van der Waals surface area contributed by atoms with Crippen molar-refractivity contribution in [1.82, 2.24) is 20.4 Å². The van der Waals surface area contributed by atoms with E-state index in [1.807, 2.05) is 37.3 Å². The van der Waals surface area contributed by atoms with Gasteiger partial charge in [0.2, 0.25) is 11.0 Å². The molecule has 5 fully saturated rings. The number of urea groups is 1. The van der Waals surface area contributed by atoms with Gasteiger partial charge in [-0.15, -0.1) is 10.2 Å². The number of amides is 4. The summed E-state index contributed by atoms with van der Waals surface area (Å²) in [5, 5.41) is 15.8. The first kappa shape index (κ1) is 21.7. The summed E-state index contributed by atoms with van der Waals surface area (Å²) in [6.07, 6.45) is 8.01. The smallest absolute Gasteiger partial charge is 0.319 e. The maximum Gasteiger partial charge on any atom is 0.325 e. The molecule has 1 aromatic heterocycles. The van der Waals surface area contributed by atoms with E-state index in [2.05, 4.69) is 20.8 Å². The summed E-state index contributed by atoms with van der Waals surface area (Å²) < 4.78 is 0. The normalized spacial score (nSPS) is 33.9. The van der Waals surface area contributed by atoms with E-state index in [9.17, 15) is 14.4 Å². The summed E-state index contributed by atoms with van der Waals surface area (Å²) in [7, 11) is 0. The van der Waals surface area contributed by atoms with Crippen molar-refractivity contribution in [3.63, 3.8) is 0 Å². The van der Waals surface area contributed by atoms with Crippen LogP contribution in [0.1, 0.15) is 62.4 Å². The topological polar surface area (TPSA) is 104 Å². The van der Waals surface area contributed by atoms with E-state index in [0.717, 1.165) is 27.7 Å². The number of carbonyl (C=O) groups excluding carboxylic acids is 3. The van der Waals surface area contributed by atoms with Gasteiger partial charge in [0, 0.05) is 5.41 Å². The first-order chi connectivity index (χ1) is 16.4. The van der Waals surface area contributed by atoms with Gasteiger partial charge in [0.15, 0.2) is 0 Å².